The lowest BCUT2D eigenvalue weighted by Crippen LogP contribution is -2.09. The predicted octanol–water partition coefficient (Wildman–Crippen LogP) is 3.41. The summed E-state index contributed by atoms with van der Waals surface area (Å²) in [5.41, 5.74) is 1.12. The minimum Gasteiger partial charge on any atom is -0.361 e. The van der Waals surface area contributed by atoms with Crippen molar-refractivity contribution in [1.29, 1.82) is 0 Å². The number of rotatable bonds is 4. The zero-order valence-electron chi connectivity index (χ0n) is 9.47. The van der Waals surface area contributed by atoms with Gasteiger partial charge in [0, 0.05) is 4.88 Å². The SMILES string of the molecule is CCC(Nc1cc(C)cnn1)c1cccs1. The maximum atomic E-state index is 4.08. The third kappa shape index (κ3) is 2.58. The van der Waals surface area contributed by atoms with Gasteiger partial charge in [-0.25, -0.2) is 0 Å². The third-order valence-electron chi connectivity index (χ3n) is 2.41. The summed E-state index contributed by atoms with van der Waals surface area (Å²) >= 11 is 1.77. The van der Waals surface area contributed by atoms with Gasteiger partial charge >= 0.3 is 0 Å². The zero-order valence-corrected chi connectivity index (χ0v) is 10.3. The van der Waals surface area contributed by atoms with Gasteiger partial charge < -0.3 is 5.32 Å². The Morgan fingerprint density at radius 1 is 1.50 bits per heavy atom. The van der Waals surface area contributed by atoms with Crippen LogP contribution in [0.25, 0.3) is 0 Å². The van der Waals surface area contributed by atoms with Crippen LogP contribution < -0.4 is 5.32 Å². The highest BCUT2D eigenvalue weighted by atomic mass is 32.1. The molecule has 0 spiro atoms. The normalized spacial score (nSPS) is 12.4. The molecule has 0 aromatic carbocycles. The molecule has 2 heterocycles. The van der Waals surface area contributed by atoms with Crippen LogP contribution >= 0.6 is 11.3 Å². The van der Waals surface area contributed by atoms with E-state index in [1.54, 1.807) is 17.5 Å². The van der Waals surface area contributed by atoms with Gasteiger partial charge in [-0.05, 0) is 36.4 Å². The van der Waals surface area contributed by atoms with Crippen molar-refractivity contribution in [1.82, 2.24) is 10.2 Å². The monoisotopic (exact) mass is 233 g/mol. The summed E-state index contributed by atoms with van der Waals surface area (Å²) in [6.45, 7) is 4.19. The van der Waals surface area contributed by atoms with Crippen LogP contribution in [0.2, 0.25) is 0 Å². The van der Waals surface area contributed by atoms with Gasteiger partial charge in [-0.2, -0.15) is 5.10 Å². The third-order valence-corrected chi connectivity index (χ3v) is 3.39. The van der Waals surface area contributed by atoms with Gasteiger partial charge in [0.25, 0.3) is 0 Å². The Balaban J connectivity index is 2.13. The van der Waals surface area contributed by atoms with Gasteiger partial charge in [0.05, 0.1) is 12.2 Å². The van der Waals surface area contributed by atoms with E-state index in [1.807, 2.05) is 13.0 Å². The van der Waals surface area contributed by atoms with Crippen molar-refractivity contribution in [2.75, 3.05) is 5.32 Å². The molecule has 1 N–H and O–H groups in total. The topological polar surface area (TPSA) is 37.8 Å². The molecule has 1 unspecified atom stereocenters. The van der Waals surface area contributed by atoms with Crippen LogP contribution in [0.3, 0.4) is 0 Å². The van der Waals surface area contributed by atoms with Crippen molar-refractivity contribution >= 4 is 17.2 Å². The number of aromatic nitrogens is 2. The summed E-state index contributed by atoms with van der Waals surface area (Å²) in [4.78, 5) is 1.34. The minimum absolute atomic E-state index is 0.330. The summed E-state index contributed by atoms with van der Waals surface area (Å²) in [6.07, 6.45) is 2.80. The van der Waals surface area contributed by atoms with Crippen molar-refractivity contribution in [2.24, 2.45) is 0 Å². The van der Waals surface area contributed by atoms with Crippen molar-refractivity contribution in [3.63, 3.8) is 0 Å². The van der Waals surface area contributed by atoms with Gasteiger partial charge in [0.2, 0.25) is 0 Å². The highest BCUT2D eigenvalue weighted by Gasteiger charge is 2.10. The fourth-order valence-corrected chi connectivity index (χ4v) is 2.44. The molecule has 0 bridgehead atoms. The smallest absolute Gasteiger partial charge is 0.149 e. The summed E-state index contributed by atoms with van der Waals surface area (Å²) in [7, 11) is 0. The number of hydrogen-bond acceptors (Lipinski definition) is 4. The Bertz CT molecular complexity index is 439. The Hall–Kier alpha value is -1.42. The molecule has 0 radical (unpaired) electrons. The van der Waals surface area contributed by atoms with Crippen LogP contribution in [0.5, 0.6) is 0 Å². The summed E-state index contributed by atoms with van der Waals surface area (Å²) in [5, 5.41) is 13.5. The van der Waals surface area contributed by atoms with E-state index < -0.39 is 0 Å². The molecular formula is C12H15N3S. The first-order valence-corrected chi connectivity index (χ1v) is 6.27. The molecule has 0 saturated heterocycles. The molecule has 2 rings (SSSR count). The van der Waals surface area contributed by atoms with Gasteiger partial charge in [-0.15, -0.1) is 16.4 Å². The number of thiophene rings is 1. The van der Waals surface area contributed by atoms with Crippen LogP contribution in [0.1, 0.15) is 29.8 Å². The summed E-state index contributed by atoms with van der Waals surface area (Å²) in [6, 6.07) is 6.57. The molecule has 16 heavy (non-hydrogen) atoms. The molecule has 2 aromatic rings. The van der Waals surface area contributed by atoms with Crippen molar-refractivity contribution < 1.29 is 0 Å². The average Bonchev–Trinajstić information content (AvgIpc) is 2.79. The molecule has 0 fully saturated rings. The second-order valence-electron chi connectivity index (χ2n) is 3.74. The Kier molecular flexibility index (Phi) is 3.51. The largest absolute Gasteiger partial charge is 0.361 e. The second kappa shape index (κ2) is 5.07. The summed E-state index contributed by atoms with van der Waals surface area (Å²) < 4.78 is 0. The molecule has 2 aromatic heterocycles. The lowest BCUT2D eigenvalue weighted by molar-refractivity contribution is 0.753. The average molecular weight is 233 g/mol. The molecule has 4 heteroatoms. The van der Waals surface area contributed by atoms with Gasteiger partial charge in [0.1, 0.15) is 5.82 Å². The van der Waals surface area contributed by atoms with Crippen molar-refractivity contribution in [3.8, 4) is 0 Å². The Morgan fingerprint density at radius 2 is 2.38 bits per heavy atom. The standard InChI is InChI=1S/C12H15N3S/c1-3-10(11-5-4-6-16-11)14-12-7-9(2)8-13-15-12/h4-8,10H,3H2,1-2H3,(H,14,15). The van der Waals surface area contributed by atoms with Crippen LogP contribution in [0, 0.1) is 6.92 Å². The lowest BCUT2D eigenvalue weighted by Gasteiger charge is -2.15. The maximum absolute atomic E-state index is 4.08. The lowest BCUT2D eigenvalue weighted by atomic mass is 10.2. The zero-order chi connectivity index (χ0) is 11.4. The van der Waals surface area contributed by atoms with Crippen LogP contribution in [-0.4, -0.2) is 10.2 Å². The molecular weight excluding hydrogens is 218 g/mol. The van der Waals surface area contributed by atoms with E-state index in [0.29, 0.717) is 6.04 Å². The van der Waals surface area contributed by atoms with Crippen molar-refractivity contribution in [3.05, 3.63) is 40.2 Å². The number of anilines is 1. The van der Waals surface area contributed by atoms with E-state index in [9.17, 15) is 0 Å². The first-order chi connectivity index (χ1) is 7.79. The van der Waals surface area contributed by atoms with E-state index in [0.717, 1.165) is 17.8 Å². The second-order valence-corrected chi connectivity index (χ2v) is 4.72. The predicted molar refractivity (Wildman–Crippen MR) is 67.7 cm³/mol. The fourth-order valence-electron chi connectivity index (χ4n) is 1.58. The molecule has 0 aliphatic rings. The van der Waals surface area contributed by atoms with E-state index in [4.69, 9.17) is 0 Å². The van der Waals surface area contributed by atoms with E-state index in [-0.39, 0.29) is 0 Å². The first kappa shape index (κ1) is 11.1. The number of hydrogen-bond donors (Lipinski definition) is 1. The van der Waals surface area contributed by atoms with E-state index >= 15 is 0 Å². The molecule has 1 atom stereocenters. The fraction of sp³-hybridized carbons (Fsp3) is 0.333. The van der Waals surface area contributed by atoms with Crippen LogP contribution in [-0.2, 0) is 0 Å². The highest BCUT2D eigenvalue weighted by Crippen LogP contribution is 2.25. The highest BCUT2D eigenvalue weighted by molar-refractivity contribution is 7.10. The van der Waals surface area contributed by atoms with E-state index in [2.05, 4.69) is 40.0 Å². The molecule has 0 amide bonds. The number of aryl methyl sites for hydroxylation is 1. The van der Waals surface area contributed by atoms with Crippen LogP contribution in [0.15, 0.2) is 29.8 Å². The Morgan fingerprint density at radius 3 is 3.00 bits per heavy atom. The minimum atomic E-state index is 0.330. The quantitative estimate of drug-likeness (QED) is 0.879. The number of nitrogens with zero attached hydrogens (tertiary/aromatic N) is 2. The van der Waals surface area contributed by atoms with Crippen molar-refractivity contribution in [2.45, 2.75) is 26.3 Å². The molecule has 0 aliphatic heterocycles. The van der Waals surface area contributed by atoms with E-state index in [1.165, 1.54) is 4.88 Å². The van der Waals surface area contributed by atoms with Gasteiger partial charge in [0.15, 0.2) is 0 Å². The van der Waals surface area contributed by atoms with Gasteiger partial charge in [-0.1, -0.05) is 13.0 Å². The Labute approximate surface area is 99.5 Å². The first-order valence-electron chi connectivity index (χ1n) is 5.39. The maximum Gasteiger partial charge on any atom is 0.149 e. The number of nitrogens with one attached hydrogen (secondary N) is 1. The molecule has 3 nitrogen and oxygen atoms in total. The molecule has 0 saturated carbocycles. The molecule has 84 valence electrons. The van der Waals surface area contributed by atoms with Gasteiger partial charge in [-0.3, -0.25) is 0 Å². The molecule has 0 aliphatic carbocycles. The van der Waals surface area contributed by atoms with Crippen LogP contribution in [0.4, 0.5) is 5.82 Å². The summed E-state index contributed by atoms with van der Waals surface area (Å²) in [5.74, 6) is 0.847.